The predicted molar refractivity (Wildman–Crippen MR) is 115 cm³/mol. The highest BCUT2D eigenvalue weighted by Crippen LogP contribution is 2.36. The molecule has 0 amide bonds. The van der Waals surface area contributed by atoms with Crippen LogP contribution in [0.15, 0.2) is 54.7 Å². The minimum atomic E-state index is -0.235. The summed E-state index contributed by atoms with van der Waals surface area (Å²) in [4.78, 5) is 5.06. The first-order valence-electron chi connectivity index (χ1n) is 10.1. The van der Waals surface area contributed by atoms with Crippen LogP contribution in [-0.4, -0.2) is 14.6 Å². The van der Waals surface area contributed by atoms with Crippen LogP contribution in [0.4, 0.5) is 4.39 Å². The molecule has 5 rings (SSSR count). The Bertz CT molecular complexity index is 1180. The number of hydrogen-bond acceptors (Lipinski definition) is 2. The Balaban J connectivity index is 1.76. The molecule has 0 saturated carbocycles. The van der Waals surface area contributed by atoms with Crippen molar-refractivity contribution in [1.29, 1.82) is 0 Å². The first-order chi connectivity index (χ1) is 14.1. The molecule has 0 radical (unpaired) electrons. The van der Waals surface area contributed by atoms with E-state index < -0.39 is 0 Å². The summed E-state index contributed by atoms with van der Waals surface area (Å²) in [6, 6.07) is 14.4. The van der Waals surface area contributed by atoms with Crippen molar-refractivity contribution in [3.8, 4) is 22.4 Å². The molecular weight excluding hydrogens is 385 g/mol. The average molecular weight is 406 g/mol. The SMILES string of the molecule is CCC1CCc2c(c(-c3ccc(F)cc3)nc3c(-c4ccc(Cl)cc4)cnn23)C1. The largest absolute Gasteiger partial charge is 0.228 e. The highest BCUT2D eigenvalue weighted by atomic mass is 35.5. The molecule has 5 heteroatoms. The lowest BCUT2D eigenvalue weighted by Crippen LogP contribution is -2.19. The second kappa shape index (κ2) is 7.27. The molecule has 0 aliphatic heterocycles. The Labute approximate surface area is 174 Å². The Hall–Kier alpha value is -2.72. The molecule has 0 fully saturated rings. The van der Waals surface area contributed by atoms with Crippen LogP contribution in [-0.2, 0) is 12.8 Å². The molecule has 1 atom stereocenters. The quantitative estimate of drug-likeness (QED) is 0.396. The minimum absolute atomic E-state index is 0.235. The van der Waals surface area contributed by atoms with Crippen LogP contribution in [0.5, 0.6) is 0 Å². The smallest absolute Gasteiger partial charge is 0.163 e. The fraction of sp³-hybridized carbons (Fsp3) is 0.250. The normalized spacial score (nSPS) is 16.2. The zero-order valence-electron chi connectivity index (χ0n) is 16.2. The lowest BCUT2D eigenvalue weighted by atomic mass is 9.83. The maximum absolute atomic E-state index is 13.5. The van der Waals surface area contributed by atoms with E-state index in [1.807, 2.05) is 47.1 Å². The maximum Gasteiger partial charge on any atom is 0.163 e. The first kappa shape index (κ1) is 18.3. The molecule has 2 aromatic carbocycles. The topological polar surface area (TPSA) is 30.2 Å². The zero-order valence-corrected chi connectivity index (χ0v) is 17.0. The molecule has 1 unspecified atom stereocenters. The summed E-state index contributed by atoms with van der Waals surface area (Å²) in [5.74, 6) is 0.411. The van der Waals surface area contributed by atoms with E-state index in [4.69, 9.17) is 21.7 Å². The summed E-state index contributed by atoms with van der Waals surface area (Å²) < 4.78 is 15.5. The number of hydrogen-bond donors (Lipinski definition) is 0. The van der Waals surface area contributed by atoms with Gasteiger partial charge in [-0.05, 0) is 67.1 Å². The van der Waals surface area contributed by atoms with E-state index in [0.29, 0.717) is 10.9 Å². The van der Waals surface area contributed by atoms with Gasteiger partial charge in [-0.2, -0.15) is 5.10 Å². The number of nitrogens with zero attached hydrogens (tertiary/aromatic N) is 3. The second-order valence-corrected chi connectivity index (χ2v) is 8.15. The van der Waals surface area contributed by atoms with E-state index in [1.54, 1.807) is 0 Å². The van der Waals surface area contributed by atoms with Gasteiger partial charge in [0.1, 0.15) is 5.82 Å². The molecular formula is C24H21ClFN3. The van der Waals surface area contributed by atoms with Gasteiger partial charge in [-0.3, -0.25) is 0 Å². The number of halogens is 2. The summed E-state index contributed by atoms with van der Waals surface area (Å²) in [6.07, 6.45) is 6.14. The minimum Gasteiger partial charge on any atom is -0.228 e. The van der Waals surface area contributed by atoms with Crippen LogP contribution in [0.1, 0.15) is 31.0 Å². The van der Waals surface area contributed by atoms with Crippen molar-refractivity contribution in [3.05, 3.63) is 76.8 Å². The standard InChI is InChI=1S/C24H21ClFN3/c1-2-15-3-12-22-20(13-15)23(17-6-10-19(26)11-7-17)28-24-21(14-27-29(22)24)16-4-8-18(25)9-5-16/h4-11,14-15H,2-3,12-13H2,1H3. The fourth-order valence-electron chi connectivity index (χ4n) is 4.32. The van der Waals surface area contributed by atoms with E-state index in [2.05, 4.69) is 6.92 Å². The van der Waals surface area contributed by atoms with E-state index in [1.165, 1.54) is 23.4 Å². The lowest BCUT2D eigenvalue weighted by Gasteiger charge is -2.26. The Kier molecular flexibility index (Phi) is 4.59. The van der Waals surface area contributed by atoms with E-state index >= 15 is 0 Å². The molecule has 4 aromatic rings. The van der Waals surface area contributed by atoms with Gasteiger partial charge in [-0.25, -0.2) is 13.9 Å². The Morgan fingerprint density at radius 1 is 1.07 bits per heavy atom. The van der Waals surface area contributed by atoms with Crippen molar-refractivity contribution in [2.45, 2.75) is 32.6 Å². The van der Waals surface area contributed by atoms with Crippen molar-refractivity contribution in [2.75, 3.05) is 0 Å². The zero-order chi connectivity index (χ0) is 20.0. The van der Waals surface area contributed by atoms with Gasteiger partial charge in [0.25, 0.3) is 0 Å². The van der Waals surface area contributed by atoms with Gasteiger partial charge < -0.3 is 0 Å². The lowest BCUT2D eigenvalue weighted by molar-refractivity contribution is 0.435. The molecule has 1 aliphatic carbocycles. The fourth-order valence-corrected chi connectivity index (χ4v) is 4.44. The summed E-state index contributed by atoms with van der Waals surface area (Å²) in [5.41, 5.74) is 7.20. The number of aromatic nitrogens is 3. The molecule has 29 heavy (non-hydrogen) atoms. The van der Waals surface area contributed by atoms with Crippen LogP contribution in [0.3, 0.4) is 0 Å². The third-order valence-electron chi connectivity index (χ3n) is 5.98. The van der Waals surface area contributed by atoms with Gasteiger partial charge >= 0.3 is 0 Å². The van der Waals surface area contributed by atoms with Crippen LogP contribution in [0.25, 0.3) is 28.0 Å². The van der Waals surface area contributed by atoms with Gasteiger partial charge in [-0.1, -0.05) is 37.1 Å². The van der Waals surface area contributed by atoms with Gasteiger partial charge in [0.15, 0.2) is 5.65 Å². The number of fused-ring (bicyclic) bond motifs is 3. The van der Waals surface area contributed by atoms with Crippen LogP contribution in [0, 0.1) is 11.7 Å². The summed E-state index contributed by atoms with van der Waals surface area (Å²) in [5, 5.41) is 5.39. The summed E-state index contributed by atoms with van der Waals surface area (Å²) in [6.45, 7) is 2.24. The van der Waals surface area contributed by atoms with Crippen molar-refractivity contribution in [2.24, 2.45) is 5.92 Å². The van der Waals surface area contributed by atoms with E-state index in [9.17, 15) is 4.39 Å². The van der Waals surface area contributed by atoms with Gasteiger partial charge in [0.2, 0.25) is 0 Å². The summed E-state index contributed by atoms with van der Waals surface area (Å²) >= 11 is 6.06. The van der Waals surface area contributed by atoms with Gasteiger partial charge in [0, 0.05) is 27.4 Å². The van der Waals surface area contributed by atoms with Gasteiger partial charge in [0.05, 0.1) is 11.9 Å². The number of aryl methyl sites for hydroxylation is 1. The summed E-state index contributed by atoms with van der Waals surface area (Å²) in [7, 11) is 0. The van der Waals surface area contributed by atoms with Crippen molar-refractivity contribution in [1.82, 2.24) is 14.6 Å². The first-order valence-corrected chi connectivity index (χ1v) is 10.4. The molecule has 2 heterocycles. The molecule has 0 bridgehead atoms. The Morgan fingerprint density at radius 3 is 2.52 bits per heavy atom. The molecule has 0 saturated heterocycles. The maximum atomic E-state index is 13.5. The van der Waals surface area contributed by atoms with Crippen LogP contribution < -0.4 is 0 Å². The molecule has 0 N–H and O–H groups in total. The molecule has 0 spiro atoms. The molecule has 146 valence electrons. The third-order valence-corrected chi connectivity index (χ3v) is 6.24. The average Bonchev–Trinajstić information content (AvgIpc) is 3.18. The number of rotatable bonds is 3. The number of benzene rings is 2. The van der Waals surface area contributed by atoms with Crippen LogP contribution >= 0.6 is 11.6 Å². The monoisotopic (exact) mass is 405 g/mol. The second-order valence-electron chi connectivity index (χ2n) is 7.71. The highest BCUT2D eigenvalue weighted by molar-refractivity contribution is 6.30. The highest BCUT2D eigenvalue weighted by Gasteiger charge is 2.26. The van der Waals surface area contributed by atoms with Crippen molar-refractivity contribution >= 4 is 17.2 Å². The van der Waals surface area contributed by atoms with Crippen molar-refractivity contribution in [3.63, 3.8) is 0 Å². The van der Waals surface area contributed by atoms with Crippen molar-refractivity contribution < 1.29 is 4.39 Å². The van der Waals surface area contributed by atoms with Crippen LogP contribution in [0.2, 0.25) is 5.02 Å². The van der Waals surface area contributed by atoms with E-state index in [0.717, 1.165) is 53.7 Å². The molecule has 2 aromatic heterocycles. The molecule has 1 aliphatic rings. The Morgan fingerprint density at radius 2 is 1.79 bits per heavy atom. The third kappa shape index (κ3) is 3.22. The molecule has 3 nitrogen and oxygen atoms in total. The van der Waals surface area contributed by atoms with Gasteiger partial charge in [-0.15, -0.1) is 0 Å². The van der Waals surface area contributed by atoms with E-state index in [-0.39, 0.29) is 5.82 Å². The predicted octanol–water partition coefficient (Wildman–Crippen LogP) is 6.37.